The van der Waals surface area contributed by atoms with Gasteiger partial charge in [0.1, 0.15) is 0 Å². The van der Waals surface area contributed by atoms with E-state index in [1.54, 1.807) is 11.3 Å². The lowest BCUT2D eigenvalue weighted by Gasteiger charge is -2.15. The molecule has 0 radical (unpaired) electrons. The molecule has 19 heavy (non-hydrogen) atoms. The third-order valence-corrected chi connectivity index (χ3v) is 4.92. The van der Waals surface area contributed by atoms with E-state index in [2.05, 4.69) is 42.8 Å². The molecule has 0 fully saturated rings. The van der Waals surface area contributed by atoms with E-state index in [-0.39, 0.29) is 11.2 Å². The normalized spacial score (nSPS) is 11.6. The van der Waals surface area contributed by atoms with Crippen LogP contribution in [-0.4, -0.2) is 5.78 Å². The van der Waals surface area contributed by atoms with Gasteiger partial charge < -0.3 is 0 Å². The van der Waals surface area contributed by atoms with E-state index in [0.717, 1.165) is 14.9 Å². The predicted molar refractivity (Wildman–Crippen MR) is 85.2 cm³/mol. The number of hydrogen-bond donors (Lipinski definition) is 0. The molecule has 3 heteroatoms. The molecule has 1 heterocycles. The van der Waals surface area contributed by atoms with Gasteiger partial charge in [0.05, 0.1) is 4.88 Å². The number of thiophene rings is 1. The van der Waals surface area contributed by atoms with Crippen LogP contribution in [0.4, 0.5) is 0 Å². The molecular weight excluding hydrogens is 320 g/mol. The molecule has 100 valence electrons. The number of halogens is 1. The summed E-state index contributed by atoms with van der Waals surface area (Å²) in [7, 11) is 0. The Bertz CT molecular complexity index is 593. The smallest absolute Gasteiger partial charge is 0.177 e. The van der Waals surface area contributed by atoms with Crippen LogP contribution >= 0.6 is 27.3 Å². The number of carbonyl (C=O) groups excluding carboxylic acids is 1. The third kappa shape index (κ3) is 3.77. The van der Waals surface area contributed by atoms with Crippen molar-refractivity contribution in [3.05, 3.63) is 56.2 Å². The molecule has 0 N–H and O–H groups in total. The highest BCUT2D eigenvalue weighted by atomic mass is 79.9. The Hall–Kier alpha value is -0.930. The van der Waals surface area contributed by atoms with E-state index < -0.39 is 0 Å². The largest absolute Gasteiger partial charge is 0.293 e. The zero-order valence-corrected chi connectivity index (χ0v) is 13.8. The van der Waals surface area contributed by atoms with Crippen molar-refractivity contribution < 1.29 is 4.79 Å². The highest BCUT2D eigenvalue weighted by Gasteiger charge is 2.18. The molecule has 0 amide bonds. The minimum Gasteiger partial charge on any atom is -0.293 e. The van der Waals surface area contributed by atoms with Crippen LogP contribution in [0.25, 0.3) is 0 Å². The van der Waals surface area contributed by atoms with Crippen LogP contribution in [0.15, 0.2) is 40.9 Å². The predicted octanol–water partition coefficient (Wildman–Crippen LogP) is 5.23. The summed E-state index contributed by atoms with van der Waals surface area (Å²) >= 11 is 5.04. The Morgan fingerprint density at radius 1 is 1.21 bits per heavy atom. The minimum atomic E-state index is 0.110. The standard InChI is InChI=1S/C16H17BrOS/c1-16(2,3)15-8-7-14(19-15)13(18)10-11-5-4-6-12(17)9-11/h4-9H,10H2,1-3H3. The molecule has 2 aromatic rings. The maximum Gasteiger partial charge on any atom is 0.177 e. The molecule has 1 nitrogen and oxygen atoms in total. The van der Waals surface area contributed by atoms with Gasteiger partial charge in [0.15, 0.2) is 5.78 Å². The topological polar surface area (TPSA) is 17.1 Å². The van der Waals surface area contributed by atoms with E-state index in [9.17, 15) is 4.79 Å². The lowest BCUT2D eigenvalue weighted by atomic mass is 9.95. The number of benzene rings is 1. The molecule has 2 rings (SSSR count). The monoisotopic (exact) mass is 336 g/mol. The van der Waals surface area contributed by atoms with E-state index in [1.807, 2.05) is 30.3 Å². The third-order valence-electron chi connectivity index (χ3n) is 2.87. The number of hydrogen-bond acceptors (Lipinski definition) is 2. The Balaban J connectivity index is 2.14. The van der Waals surface area contributed by atoms with Gasteiger partial charge in [-0.05, 0) is 35.2 Å². The van der Waals surface area contributed by atoms with Crippen molar-refractivity contribution in [1.82, 2.24) is 0 Å². The molecule has 0 saturated carbocycles. The first kappa shape index (κ1) is 14.5. The highest BCUT2D eigenvalue weighted by Crippen LogP contribution is 2.30. The molecule has 0 aliphatic rings. The number of carbonyl (C=O) groups is 1. The van der Waals surface area contributed by atoms with Crippen molar-refractivity contribution in [2.24, 2.45) is 0 Å². The summed E-state index contributed by atoms with van der Waals surface area (Å²) in [5.41, 5.74) is 1.16. The maximum absolute atomic E-state index is 12.3. The summed E-state index contributed by atoms with van der Waals surface area (Å²) in [6.07, 6.45) is 0.462. The summed E-state index contributed by atoms with van der Waals surface area (Å²) in [6, 6.07) is 11.9. The van der Waals surface area contributed by atoms with E-state index in [0.29, 0.717) is 6.42 Å². The number of Topliss-reactive ketones (excluding diaryl/α,β-unsaturated/α-hetero) is 1. The fourth-order valence-corrected chi connectivity index (χ4v) is 3.26. The second kappa shape index (κ2) is 5.59. The molecule has 0 bridgehead atoms. The maximum atomic E-state index is 12.3. The van der Waals surface area contributed by atoms with Crippen molar-refractivity contribution >= 4 is 33.0 Å². The SMILES string of the molecule is CC(C)(C)c1ccc(C(=O)Cc2cccc(Br)c2)s1. The molecule has 0 aliphatic carbocycles. The average molecular weight is 337 g/mol. The lowest BCUT2D eigenvalue weighted by molar-refractivity contribution is 0.0997. The first-order chi connectivity index (χ1) is 8.86. The second-order valence-corrected chi connectivity index (χ2v) is 7.64. The fourth-order valence-electron chi connectivity index (χ4n) is 1.81. The summed E-state index contributed by atoms with van der Waals surface area (Å²) in [5.74, 6) is 0.193. The number of rotatable bonds is 3. The second-order valence-electron chi connectivity index (χ2n) is 5.64. The molecule has 0 aliphatic heterocycles. The van der Waals surface area contributed by atoms with Crippen LogP contribution in [0, 0.1) is 0 Å². The quantitative estimate of drug-likeness (QED) is 0.701. The summed E-state index contributed by atoms with van der Waals surface area (Å²) in [5, 5.41) is 0. The number of ketones is 1. The van der Waals surface area contributed by atoms with Gasteiger partial charge in [-0.1, -0.05) is 48.8 Å². The first-order valence-electron chi connectivity index (χ1n) is 6.24. The van der Waals surface area contributed by atoms with Gasteiger partial charge in [-0.3, -0.25) is 4.79 Å². The van der Waals surface area contributed by atoms with Crippen LogP contribution in [0.1, 0.15) is 40.9 Å². The molecule has 0 saturated heterocycles. The first-order valence-corrected chi connectivity index (χ1v) is 7.85. The van der Waals surface area contributed by atoms with E-state index >= 15 is 0 Å². The highest BCUT2D eigenvalue weighted by molar-refractivity contribution is 9.10. The van der Waals surface area contributed by atoms with Gasteiger partial charge in [0, 0.05) is 15.8 Å². The Morgan fingerprint density at radius 3 is 2.53 bits per heavy atom. The zero-order valence-electron chi connectivity index (χ0n) is 11.4. The van der Waals surface area contributed by atoms with Gasteiger partial charge >= 0.3 is 0 Å². The Morgan fingerprint density at radius 2 is 1.95 bits per heavy atom. The van der Waals surface area contributed by atoms with Crippen molar-refractivity contribution in [2.45, 2.75) is 32.6 Å². The zero-order chi connectivity index (χ0) is 14.0. The lowest BCUT2D eigenvalue weighted by Crippen LogP contribution is -2.08. The van der Waals surface area contributed by atoms with Crippen LogP contribution in [0.2, 0.25) is 0 Å². The summed E-state index contributed by atoms with van der Waals surface area (Å²) in [4.78, 5) is 14.4. The van der Waals surface area contributed by atoms with Crippen LogP contribution in [0.3, 0.4) is 0 Å². The minimum absolute atomic E-state index is 0.110. The summed E-state index contributed by atoms with van der Waals surface area (Å²) in [6.45, 7) is 6.50. The molecule has 1 aromatic carbocycles. The Kier molecular flexibility index (Phi) is 4.26. The molecule has 0 atom stereocenters. The molecule has 1 aromatic heterocycles. The summed E-state index contributed by atoms with van der Waals surface area (Å²) < 4.78 is 1.01. The van der Waals surface area contributed by atoms with Crippen molar-refractivity contribution in [1.29, 1.82) is 0 Å². The van der Waals surface area contributed by atoms with Crippen molar-refractivity contribution in [3.8, 4) is 0 Å². The van der Waals surface area contributed by atoms with Crippen LogP contribution in [-0.2, 0) is 11.8 Å². The fraction of sp³-hybridized carbons (Fsp3) is 0.312. The molecule has 0 spiro atoms. The van der Waals surface area contributed by atoms with Gasteiger partial charge in [0.2, 0.25) is 0 Å². The van der Waals surface area contributed by atoms with E-state index in [4.69, 9.17) is 0 Å². The van der Waals surface area contributed by atoms with Gasteiger partial charge in [-0.25, -0.2) is 0 Å². The van der Waals surface area contributed by atoms with Crippen molar-refractivity contribution in [3.63, 3.8) is 0 Å². The van der Waals surface area contributed by atoms with Crippen molar-refractivity contribution in [2.75, 3.05) is 0 Å². The van der Waals surface area contributed by atoms with Crippen LogP contribution < -0.4 is 0 Å². The Labute approximate surface area is 126 Å². The van der Waals surface area contributed by atoms with Gasteiger partial charge in [-0.2, -0.15) is 0 Å². The molecular formula is C16H17BrOS. The van der Waals surface area contributed by atoms with Crippen LogP contribution in [0.5, 0.6) is 0 Å². The molecule has 0 unspecified atom stereocenters. The van der Waals surface area contributed by atoms with Gasteiger partial charge in [-0.15, -0.1) is 11.3 Å². The van der Waals surface area contributed by atoms with Gasteiger partial charge in [0.25, 0.3) is 0 Å². The van der Waals surface area contributed by atoms with E-state index in [1.165, 1.54) is 4.88 Å². The average Bonchev–Trinajstić information content (AvgIpc) is 2.77.